The number of rotatable bonds is 4. The van der Waals surface area contributed by atoms with E-state index in [1.807, 2.05) is 24.3 Å². The van der Waals surface area contributed by atoms with Crippen molar-refractivity contribution in [3.8, 4) is 0 Å². The van der Waals surface area contributed by atoms with Crippen LogP contribution in [0.1, 0.15) is 43.7 Å². The molecule has 0 aliphatic heterocycles. The van der Waals surface area contributed by atoms with Crippen LogP contribution in [0, 0.1) is 0 Å². The molecule has 1 heterocycles. The highest BCUT2D eigenvalue weighted by molar-refractivity contribution is 6.30. The number of pyridine rings is 1. The lowest BCUT2D eigenvalue weighted by Crippen LogP contribution is -2.28. The van der Waals surface area contributed by atoms with E-state index in [0.29, 0.717) is 11.6 Å². The number of hydrogen-bond donors (Lipinski definition) is 0. The fourth-order valence-corrected chi connectivity index (χ4v) is 3.59. The smallest absolute Gasteiger partial charge is 0.303 e. The normalized spacial score (nSPS) is 16.1. The van der Waals surface area contributed by atoms with Gasteiger partial charge in [-0.15, -0.1) is 0 Å². The van der Waals surface area contributed by atoms with Gasteiger partial charge in [-0.1, -0.05) is 35.9 Å². The zero-order valence-corrected chi connectivity index (χ0v) is 14.4. The average Bonchev–Trinajstić information content (AvgIpc) is 3.00. The SMILES string of the molecule is CC(=O)OC1(c2ccc(Cn3cc(Cl)ccc3=O)cc2)CCCC1. The Hall–Kier alpha value is -2.07. The summed E-state index contributed by atoms with van der Waals surface area (Å²) in [6.07, 6.45) is 5.48. The van der Waals surface area contributed by atoms with Gasteiger partial charge in [-0.05, 0) is 42.9 Å². The van der Waals surface area contributed by atoms with Crippen LogP contribution in [0.15, 0.2) is 47.4 Å². The first-order valence-electron chi connectivity index (χ1n) is 8.13. The predicted molar refractivity (Wildman–Crippen MR) is 93.2 cm³/mol. The third-order valence-corrected chi connectivity index (χ3v) is 4.75. The van der Waals surface area contributed by atoms with Crippen molar-refractivity contribution >= 4 is 17.6 Å². The fraction of sp³-hybridized carbons (Fsp3) is 0.368. The molecule has 1 aromatic heterocycles. The molecule has 1 fully saturated rings. The zero-order chi connectivity index (χ0) is 17.2. The molecule has 0 bridgehead atoms. The zero-order valence-electron chi connectivity index (χ0n) is 13.6. The Morgan fingerprint density at radius 1 is 1.17 bits per heavy atom. The number of ether oxygens (including phenoxy) is 1. The van der Waals surface area contributed by atoms with Crippen LogP contribution >= 0.6 is 11.6 Å². The number of hydrogen-bond acceptors (Lipinski definition) is 3. The summed E-state index contributed by atoms with van der Waals surface area (Å²) >= 11 is 5.95. The predicted octanol–water partition coefficient (Wildman–Crippen LogP) is 3.88. The van der Waals surface area contributed by atoms with Crippen LogP contribution in [0.2, 0.25) is 5.02 Å². The summed E-state index contributed by atoms with van der Waals surface area (Å²) in [5.74, 6) is -0.244. The van der Waals surface area contributed by atoms with Gasteiger partial charge in [-0.3, -0.25) is 9.59 Å². The molecule has 0 N–H and O–H groups in total. The van der Waals surface area contributed by atoms with Gasteiger partial charge in [0.15, 0.2) is 0 Å². The molecule has 126 valence electrons. The van der Waals surface area contributed by atoms with E-state index in [2.05, 4.69) is 0 Å². The monoisotopic (exact) mass is 345 g/mol. The Balaban J connectivity index is 1.83. The van der Waals surface area contributed by atoms with E-state index in [1.165, 1.54) is 13.0 Å². The van der Waals surface area contributed by atoms with Gasteiger partial charge in [0, 0.05) is 19.2 Å². The molecule has 1 saturated carbocycles. The number of carbonyl (C=O) groups excluding carboxylic acids is 1. The van der Waals surface area contributed by atoms with E-state index in [9.17, 15) is 9.59 Å². The Bertz CT molecular complexity index is 789. The third-order valence-electron chi connectivity index (χ3n) is 4.53. The topological polar surface area (TPSA) is 48.3 Å². The minimum atomic E-state index is -0.489. The number of benzene rings is 1. The summed E-state index contributed by atoms with van der Waals surface area (Å²) in [5.41, 5.74) is 1.45. The maximum atomic E-state index is 11.9. The minimum absolute atomic E-state index is 0.0874. The summed E-state index contributed by atoms with van der Waals surface area (Å²) in [4.78, 5) is 23.4. The van der Waals surface area contributed by atoms with Gasteiger partial charge in [-0.25, -0.2) is 0 Å². The standard InChI is InChI=1S/C19H20ClNO3/c1-14(22)24-19(10-2-3-11-19)16-6-4-15(5-7-16)12-21-13-17(20)8-9-18(21)23/h4-9,13H,2-3,10-12H2,1H3. The van der Waals surface area contributed by atoms with E-state index >= 15 is 0 Å². The largest absolute Gasteiger partial charge is 0.454 e. The number of nitrogens with zero attached hydrogens (tertiary/aromatic N) is 1. The Morgan fingerprint density at radius 3 is 2.46 bits per heavy atom. The van der Waals surface area contributed by atoms with E-state index < -0.39 is 5.60 Å². The third kappa shape index (κ3) is 3.54. The van der Waals surface area contributed by atoms with Crippen LogP contribution in [0.5, 0.6) is 0 Å². The molecule has 1 aliphatic rings. The summed E-state index contributed by atoms with van der Waals surface area (Å²) in [6, 6.07) is 11.0. The fourth-order valence-electron chi connectivity index (χ4n) is 3.41. The van der Waals surface area contributed by atoms with Crippen LogP contribution in [0.25, 0.3) is 0 Å². The van der Waals surface area contributed by atoms with Gasteiger partial charge in [0.05, 0.1) is 11.6 Å². The molecule has 2 aromatic rings. The molecule has 1 aromatic carbocycles. The Morgan fingerprint density at radius 2 is 1.83 bits per heavy atom. The highest BCUT2D eigenvalue weighted by Crippen LogP contribution is 2.42. The molecule has 0 radical (unpaired) electrons. The van der Waals surface area contributed by atoms with Crippen LogP contribution < -0.4 is 5.56 Å². The van der Waals surface area contributed by atoms with Crippen LogP contribution in [-0.2, 0) is 21.7 Å². The van der Waals surface area contributed by atoms with E-state index in [1.54, 1.807) is 16.8 Å². The summed E-state index contributed by atoms with van der Waals surface area (Å²) in [7, 11) is 0. The number of halogens is 1. The van der Waals surface area contributed by atoms with Gasteiger partial charge in [0.1, 0.15) is 5.60 Å². The van der Waals surface area contributed by atoms with Crippen molar-refractivity contribution < 1.29 is 9.53 Å². The van der Waals surface area contributed by atoms with Crippen molar-refractivity contribution in [3.63, 3.8) is 0 Å². The van der Waals surface area contributed by atoms with Crippen molar-refractivity contribution in [1.29, 1.82) is 0 Å². The van der Waals surface area contributed by atoms with Crippen LogP contribution in [0.3, 0.4) is 0 Å². The Labute approximate surface area is 146 Å². The second-order valence-corrected chi connectivity index (χ2v) is 6.74. The quantitative estimate of drug-likeness (QED) is 0.790. The first-order valence-corrected chi connectivity index (χ1v) is 8.51. The highest BCUT2D eigenvalue weighted by atomic mass is 35.5. The Kier molecular flexibility index (Phi) is 4.76. The molecule has 24 heavy (non-hydrogen) atoms. The average molecular weight is 346 g/mol. The highest BCUT2D eigenvalue weighted by Gasteiger charge is 2.38. The van der Waals surface area contributed by atoms with Gasteiger partial charge in [-0.2, -0.15) is 0 Å². The number of esters is 1. The molecular weight excluding hydrogens is 326 g/mol. The second-order valence-electron chi connectivity index (χ2n) is 6.31. The maximum absolute atomic E-state index is 11.9. The molecule has 5 heteroatoms. The minimum Gasteiger partial charge on any atom is -0.454 e. The van der Waals surface area contributed by atoms with Crippen molar-refractivity contribution in [1.82, 2.24) is 4.57 Å². The van der Waals surface area contributed by atoms with Gasteiger partial charge < -0.3 is 9.30 Å². The number of carbonyl (C=O) groups is 1. The second kappa shape index (κ2) is 6.81. The molecule has 0 amide bonds. The summed E-state index contributed by atoms with van der Waals surface area (Å²) < 4.78 is 7.24. The van der Waals surface area contributed by atoms with Gasteiger partial charge >= 0.3 is 5.97 Å². The first-order chi connectivity index (χ1) is 11.5. The van der Waals surface area contributed by atoms with Gasteiger partial charge in [0.2, 0.25) is 0 Å². The lowest BCUT2D eigenvalue weighted by atomic mass is 9.91. The van der Waals surface area contributed by atoms with Crippen molar-refractivity contribution in [2.45, 2.75) is 44.8 Å². The molecule has 1 aliphatic carbocycles. The van der Waals surface area contributed by atoms with E-state index in [0.717, 1.165) is 36.8 Å². The van der Waals surface area contributed by atoms with Crippen LogP contribution in [-0.4, -0.2) is 10.5 Å². The molecule has 0 spiro atoms. The van der Waals surface area contributed by atoms with E-state index in [-0.39, 0.29) is 11.5 Å². The molecule has 0 saturated heterocycles. The molecule has 0 atom stereocenters. The first kappa shape index (κ1) is 16.8. The van der Waals surface area contributed by atoms with Gasteiger partial charge in [0.25, 0.3) is 5.56 Å². The summed E-state index contributed by atoms with van der Waals surface area (Å²) in [5, 5.41) is 0.533. The lowest BCUT2D eigenvalue weighted by molar-refractivity contribution is -0.157. The van der Waals surface area contributed by atoms with Crippen molar-refractivity contribution in [3.05, 3.63) is 69.1 Å². The number of aromatic nitrogens is 1. The lowest BCUT2D eigenvalue weighted by Gasteiger charge is -2.29. The molecule has 0 unspecified atom stereocenters. The van der Waals surface area contributed by atoms with Crippen LogP contribution in [0.4, 0.5) is 0 Å². The van der Waals surface area contributed by atoms with E-state index in [4.69, 9.17) is 16.3 Å². The maximum Gasteiger partial charge on any atom is 0.303 e. The molecule has 4 nitrogen and oxygen atoms in total. The summed E-state index contributed by atoms with van der Waals surface area (Å²) in [6.45, 7) is 1.92. The molecular formula is C19H20ClNO3. The molecule has 3 rings (SSSR count). The van der Waals surface area contributed by atoms with Crippen molar-refractivity contribution in [2.24, 2.45) is 0 Å². The van der Waals surface area contributed by atoms with Crippen molar-refractivity contribution in [2.75, 3.05) is 0 Å².